The second-order valence-electron chi connectivity index (χ2n) is 5.48. The molecule has 0 radical (unpaired) electrons. The van der Waals surface area contributed by atoms with Gasteiger partial charge in [-0.1, -0.05) is 12.1 Å². The zero-order chi connectivity index (χ0) is 20.1. The number of hydrogen-bond donors (Lipinski definition) is 1. The van der Waals surface area contributed by atoms with Gasteiger partial charge in [0.1, 0.15) is 17.1 Å². The molecule has 0 aliphatic rings. The summed E-state index contributed by atoms with van der Waals surface area (Å²) < 4.78 is 5.54. The molecular formula is C18H12N4O6. The normalized spacial score (nSPS) is 10.7. The number of hydrazone groups is 1. The van der Waals surface area contributed by atoms with Crippen LogP contribution in [0, 0.1) is 20.2 Å². The first-order valence-electron chi connectivity index (χ1n) is 7.87. The maximum absolute atomic E-state index is 12.1. The van der Waals surface area contributed by atoms with Crippen molar-refractivity contribution in [3.63, 3.8) is 0 Å². The average Bonchev–Trinajstić information content (AvgIpc) is 3.17. The number of furan rings is 1. The Hall–Kier alpha value is -4.34. The highest BCUT2D eigenvalue weighted by molar-refractivity contribution is 5.98. The predicted octanol–water partition coefficient (Wildman–Crippen LogP) is 3.53. The number of para-hydroxylation sites is 1. The lowest BCUT2D eigenvalue weighted by molar-refractivity contribution is -0.385. The van der Waals surface area contributed by atoms with Gasteiger partial charge in [-0.05, 0) is 30.3 Å². The quantitative estimate of drug-likeness (QED) is 0.394. The summed E-state index contributed by atoms with van der Waals surface area (Å²) in [5.74, 6) is 0.0447. The molecular weight excluding hydrogens is 368 g/mol. The van der Waals surface area contributed by atoms with E-state index in [2.05, 4.69) is 10.5 Å². The van der Waals surface area contributed by atoms with E-state index in [0.29, 0.717) is 17.1 Å². The van der Waals surface area contributed by atoms with Crippen LogP contribution in [0.15, 0.2) is 70.2 Å². The third kappa shape index (κ3) is 4.07. The molecule has 0 bridgehead atoms. The second-order valence-corrected chi connectivity index (χ2v) is 5.48. The van der Waals surface area contributed by atoms with Crippen LogP contribution in [0.25, 0.3) is 11.3 Å². The Morgan fingerprint density at radius 2 is 1.68 bits per heavy atom. The van der Waals surface area contributed by atoms with E-state index in [1.165, 1.54) is 42.6 Å². The molecule has 1 heterocycles. The number of benzene rings is 2. The van der Waals surface area contributed by atoms with E-state index >= 15 is 0 Å². The van der Waals surface area contributed by atoms with Crippen molar-refractivity contribution in [2.45, 2.75) is 0 Å². The maximum atomic E-state index is 12.1. The van der Waals surface area contributed by atoms with Crippen molar-refractivity contribution in [2.75, 3.05) is 0 Å². The minimum atomic E-state index is -0.731. The highest BCUT2D eigenvalue weighted by Crippen LogP contribution is 2.24. The standard InChI is InChI=1S/C18H12N4O6/c23-18(15-3-1-2-4-16(15)22(26)27)20-19-11-14-9-10-17(28-14)12-5-7-13(8-6-12)21(24)25/h1-11H,(H,20,23)/b19-11+. The third-order valence-electron chi connectivity index (χ3n) is 3.69. The average molecular weight is 380 g/mol. The van der Waals surface area contributed by atoms with Crippen LogP contribution in [-0.2, 0) is 0 Å². The zero-order valence-corrected chi connectivity index (χ0v) is 14.1. The topological polar surface area (TPSA) is 141 Å². The summed E-state index contributed by atoms with van der Waals surface area (Å²) >= 11 is 0. The van der Waals surface area contributed by atoms with Gasteiger partial charge < -0.3 is 4.42 Å². The molecule has 0 fully saturated rings. The molecule has 1 aromatic heterocycles. The van der Waals surface area contributed by atoms with Gasteiger partial charge in [-0.2, -0.15) is 5.10 Å². The van der Waals surface area contributed by atoms with Crippen molar-refractivity contribution in [2.24, 2.45) is 5.10 Å². The summed E-state index contributed by atoms with van der Waals surface area (Å²) in [6, 6.07) is 14.6. The summed E-state index contributed by atoms with van der Waals surface area (Å²) in [4.78, 5) is 32.5. The number of carbonyl (C=O) groups is 1. The van der Waals surface area contributed by atoms with Gasteiger partial charge in [0.05, 0.1) is 16.1 Å². The first kappa shape index (κ1) is 18.5. The molecule has 3 rings (SSSR count). The number of hydrogen-bond acceptors (Lipinski definition) is 7. The van der Waals surface area contributed by atoms with E-state index in [9.17, 15) is 25.0 Å². The van der Waals surface area contributed by atoms with E-state index in [4.69, 9.17) is 4.42 Å². The minimum absolute atomic E-state index is 0.0326. The number of non-ortho nitro benzene ring substituents is 1. The Bertz CT molecular complexity index is 1070. The SMILES string of the molecule is O=C(N/N=C/c1ccc(-c2ccc([N+](=O)[O-])cc2)o1)c1ccccc1[N+](=O)[O-]. The van der Waals surface area contributed by atoms with Gasteiger partial charge in [-0.3, -0.25) is 25.0 Å². The van der Waals surface area contributed by atoms with Crippen LogP contribution in [0.1, 0.15) is 16.1 Å². The first-order valence-corrected chi connectivity index (χ1v) is 7.87. The Labute approximate surface area is 157 Å². The lowest BCUT2D eigenvalue weighted by atomic mass is 10.1. The highest BCUT2D eigenvalue weighted by atomic mass is 16.6. The molecule has 1 amide bonds. The Balaban J connectivity index is 1.68. The molecule has 0 aliphatic heterocycles. The predicted molar refractivity (Wildman–Crippen MR) is 99.0 cm³/mol. The number of rotatable bonds is 6. The molecule has 0 atom stereocenters. The fourth-order valence-electron chi connectivity index (χ4n) is 2.36. The van der Waals surface area contributed by atoms with Gasteiger partial charge in [-0.25, -0.2) is 5.43 Å². The molecule has 140 valence electrons. The number of nitrogens with zero attached hydrogens (tertiary/aromatic N) is 3. The highest BCUT2D eigenvalue weighted by Gasteiger charge is 2.18. The molecule has 1 N–H and O–H groups in total. The van der Waals surface area contributed by atoms with Gasteiger partial charge in [0.15, 0.2) is 0 Å². The van der Waals surface area contributed by atoms with Crippen LogP contribution >= 0.6 is 0 Å². The zero-order valence-electron chi connectivity index (χ0n) is 14.1. The van der Waals surface area contributed by atoms with Crippen molar-refractivity contribution in [1.29, 1.82) is 0 Å². The largest absolute Gasteiger partial charge is 0.455 e. The van der Waals surface area contributed by atoms with Crippen LogP contribution in [0.5, 0.6) is 0 Å². The summed E-state index contributed by atoms with van der Waals surface area (Å²) in [6.45, 7) is 0. The van der Waals surface area contributed by atoms with Crippen molar-refractivity contribution < 1.29 is 19.1 Å². The van der Waals surface area contributed by atoms with Crippen LogP contribution in [0.3, 0.4) is 0 Å². The fourth-order valence-corrected chi connectivity index (χ4v) is 2.36. The molecule has 0 saturated heterocycles. The number of nitro groups is 2. The summed E-state index contributed by atoms with van der Waals surface area (Å²) in [5, 5.41) is 25.4. The van der Waals surface area contributed by atoms with Gasteiger partial charge in [-0.15, -0.1) is 0 Å². The van der Waals surface area contributed by atoms with Gasteiger partial charge >= 0.3 is 0 Å². The van der Waals surface area contributed by atoms with E-state index in [-0.39, 0.29) is 16.9 Å². The lowest BCUT2D eigenvalue weighted by Crippen LogP contribution is -2.18. The summed E-state index contributed by atoms with van der Waals surface area (Å²) in [6.07, 6.45) is 1.24. The number of carbonyl (C=O) groups excluding carboxylic acids is 1. The Morgan fingerprint density at radius 3 is 2.36 bits per heavy atom. The van der Waals surface area contributed by atoms with Crippen molar-refractivity contribution in [3.05, 3.63) is 92.2 Å². The minimum Gasteiger partial charge on any atom is -0.455 e. The third-order valence-corrected chi connectivity index (χ3v) is 3.69. The van der Waals surface area contributed by atoms with Crippen LogP contribution in [-0.4, -0.2) is 22.0 Å². The lowest BCUT2D eigenvalue weighted by Gasteiger charge is -2.00. The number of nitrogens with one attached hydrogen (secondary N) is 1. The van der Waals surface area contributed by atoms with Gasteiger partial charge in [0.25, 0.3) is 17.3 Å². The van der Waals surface area contributed by atoms with Crippen LogP contribution < -0.4 is 5.43 Å². The molecule has 10 nitrogen and oxygen atoms in total. The van der Waals surface area contributed by atoms with E-state index < -0.39 is 15.8 Å². The molecule has 10 heteroatoms. The Kier molecular flexibility index (Phi) is 5.21. The number of amides is 1. The van der Waals surface area contributed by atoms with Crippen molar-refractivity contribution in [3.8, 4) is 11.3 Å². The van der Waals surface area contributed by atoms with E-state index in [0.717, 1.165) is 0 Å². The Morgan fingerprint density at radius 1 is 0.964 bits per heavy atom. The summed E-state index contributed by atoms with van der Waals surface area (Å²) in [5.41, 5.74) is 2.36. The molecule has 0 aliphatic carbocycles. The smallest absolute Gasteiger partial charge is 0.282 e. The first-order chi connectivity index (χ1) is 13.5. The molecule has 0 spiro atoms. The molecule has 3 aromatic rings. The monoisotopic (exact) mass is 380 g/mol. The molecule has 0 unspecified atom stereocenters. The summed E-state index contributed by atoms with van der Waals surface area (Å²) in [7, 11) is 0. The maximum Gasteiger partial charge on any atom is 0.282 e. The molecule has 28 heavy (non-hydrogen) atoms. The van der Waals surface area contributed by atoms with Crippen molar-refractivity contribution in [1.82, 2.24) is 5.43 Å². The molecule has 0 saturated carbocycles. The van der Waals surface area contributed by atoms with Gasteiger partial charge in [0, 0.05) is 23.8 Å². The molecule has 2 aromatic carbocycles. The van der Waals surface area contributed by atoms with Crippen LogP contribution in [0.2, 0.25) is 0 Å². The second kappa shape index (κ2) is 7.91. The van der Waals surface area contributed by atoms with Crippen molar-refractivity contribution >= 4 is 23.5 Å². The van der Waals surface area contributed by atoms with E-state index in [1.54, 1.807) is 24.3 Å². The van der Waals surface area contributed by atoms with Gasteiger partial charge in [0.2, 0.25) is 0 Å². The van der Waals surface area contributed by atoms with E-state index in [1.807, 2.05) is 0 Å². The fraction of sp³-hybridized carbons (Fsp3) is 0. The number of nitro benzene ring substituents is 2. The van der Waals surface area contributed by atoms with Crippen LogP contribution in [0.4, 0.5) is 11.4 Å².